The Labute approximate surface area is 224 Å². The van der Waals surface area contributed by atoms with Gasteiger partial charge in [0, 0.05) is 42.5 Å². The highest BCUT2D eigenvalue weighted by Crippen LogP contribution is 2.32. The summed E-state index contributed by atoms with van der Waals surface area (Å²) >= 11 is 0. The molecule has 1 fully saturated rings. The topological polar surface area (TPSA) is 94.6 Å². The smallest absolute Gasteiger partial charge is 0.303 e. The van der Waals surface area contributed by atoms with Crippen molar-refractivity contribution in [1.82, 2.24) is 15.2 Å². The summed E-state index contributed by atoms with van der Waals surface area (Å²) in [6.45, 7) is 2.42. The molecule has 1 amide bonds. The summed E-state index contributed by atoms with van der Waals surface area (Å²) in [5, 5.41) is 17.3. The molecule has 3 heterocycles. The Morgan fingerprint density at radius 1 is 1.11 bits per heavy atom. The number of aromatic nitrogens is 1. The highest BCUT2D eigenvalue weighted by atomic mass is 16.4. The van der Waals surface area contributed by atoms with Crippen LogP contribution in [0.3, 0.4) is 0 Å². The van der Waals surface area contributed by atoms with Gasteiger partial charge in [0.05, 0.1) is 17.8 Å². The Morgan fingerprint density at radius 2 is 1.95 bits per heavy atom. The van der Waals surface area contributed by atoms with E-state index >= 15 is 0 Å². The van der Waals surface area contributed by atoms with E-state index in [-0.39, 0.29) is 18.2 Å². The average Bonchev–Trinajstić information content (AvgIpc) is 2.95. The Balaban J connectivity index is 1.15. The highest BCUT2D eigenvalue weighted by molar-refractivity contribution is 5.95. The number of likely N-dealkylation sites (tertiary alicyclic amines) is 1. The normalized spacial score (nSPS) is 16.9. The van der Waals surface area contributed by atoms with Crippen LogP contribution in [0.4, 0.5) is 5.69 Å². The minimum atomic E-state index is -0.782. The van der Waals surface area contributed by atoms with Gasteiger partial charge >= 0.3 is 5.97 Å². The maximum absolute atomic E-state index is 13.2. The first-order valence-electron chi connectivity index (χ1n) is 13.7. The van der Waals surface area contributed by atoms with Gasteiger partial charge in [0.2, 0.25) is 0 Å². The van der Waals surface area contributed by atoms with Gasteiger partial charge in [-0.25, -0.2) is 0 Å². The second-order valence-electron chi connectivity index (χ2n) is 10.5. The predicted octanol–water partition coefficient (Wildman–Crippen LogP) is 5.76. The summed E-state index contributed by atoms with van der Waals surface area (Å²) in [5.74, 6) is 0.719. The van der Waals surface area contributed by atoms with Gasteiger partial charge in [-0.1, -0.05) is 24.3 Å². The van der Waals surface area contributed by atoms with Crippen molar-refractivity contribution in [3.8, 4) is 0 Å². The van der Waals surface area contributed by atoms with Gasteiger partial charge in [-0.3, -0.25) is 14.6 Å². The summed E-state index contributed by atoms with van der Waals surface area (Å²) in [6, 6.07) is 17.7. The number of carbonyl (C=O) groups excluding carboxylic acids is 1. The largest absolute Gasteiger partial charge is 0.481 e. The molecule has 198 valence electrons. The fourth-order valence-electron chi connectivity index (χ4n) is 5.58. The number of para-hydroxylation sites is 1. The number of pyridine rings is 1. The first-order chi connectivity index (χ1) is 18.5. The molecule has 38 heavy (non-hydrogen) atoms. The number of carboxylic acids is 1. The van der Waals surface area contributed by atoms with Gasteiger partial charge < -0.3 is 20.6 Å². The van der Waals surface area contributed by atoms with Crippen LogP contribution in [-0.4, -0.2) is 46.5 Å². The molecule has 1 aromatic heterocycles. The SMILES string of the molecule is O=C(O)CC(CCC1CCN(C(=O)c2cccc(NC3=CCCCN3)c2)CC1)c1cnc2ccccc2c1. The summed E-state index contributed by atoms with van der Waals surface area (Å²) in [5.41, 5.74) is 3.53. The molecule has 0 radical (unpaired) electrons. The van der Waals surface area contributed by atoms with E-state index in [0.717, 1.165) is 86.1 Å². The summed E-state index contributed by atoms with van der Waals surface area (Å²) in [4.78, 5) is 31.3. The van der Waals surface area contributed by atoms with E-state index in [2.05, 4.69) is 27.8 Å². The molecule has 7 heteroatoms. The molecule has 1 atom stereocenters. The Hall–Kier alpha value is -3.87. The number of anilines is 1. The summed E-state index contributed by atoms with van der Waals surface area (Å²) < 4.78 is 0. The Kier molecular flexibility index (Phi) is 8.22. The fraction of sp³-hybridized carbons (Fsp3) is 0.387. The van der Waals surface area contributed by atoms with Crippen molar-refractivity contribution in [2.45, 2.75) is 50.9 Å². The molecule has 2 aliphatic rings. The van der Waals surface area contributed by atoms with Crippen molar-refractivity contribution >= 4 is 28.5 Å². The van der Waals surface area contributed by atoms with Crippen LogP contribution in [0.25, 0.3) is 10.9 Å². The lowest BCUT2D eigenvalue weighted by molar-refractivity contribution is -0.137. The van der Waals surface area contributed by atoms with Crippen LogP contribution in [0.2, 0.25) is 0 Å². The first kappa shape index (κ1) is 25.8. The number of allylic oxidation sites excluding steroid dienone is 1. The Bertz CT molecular complexity index is 1310. The zero-order valence-corrected chi connectivity index (χ0v) is 21.7. The Morgan fingerprint density at radius 3 is 2.74 bits per heavy atom. The van der Waals surface area contributed by atoms with Crippen LogP contribution in [0.15, 0.2) is 72.7 Å². The summed E-state index contributed by atoms with van der Waals surface area (Å²) in [7, 11) is 0. The van der Waals surface area contributed by atoms with E-state index in [1.54, 1.807) is 0 Å². The molecule has 5 rings (SSSR count). The van der Waals surface area contributed by atoms with E-state index in [4.69, 9.17) is 0 Å². The number of aliphatic carboxylic acids is 1. The molecule has 0 aliphatic carbocycles. The quantitative estimate of drug-likeness (QED) is 0.337. The zero-order chi connectivity index (χ0) is 26.3. The third-order valence-electron chi connectivity index (χ3n) is 7.76. The van der Waals surface area contributed by atoms with Crippen LogP contribution in [0.5, 0.6) is 0 Å². The predicted molar refractivity (Wildman–Crippen MR) is 150 cm³/mol. The van der Waals surface area contributed by atoms with Crippen molar-refractivity contribution in [2.24, 2.45) is 5.92 Å². The van der Waals surface area contributed by atoms with Crippen LogP contribution in [0, 0.1) is 5.92 Å². The number of rotatable bonds is 9. The van der Waals surface area contributed by atoms with Crippen molar-refractivity contribution in [3.05, 3.63) is 83.8 Å². The van der Waals surface area contributed by atoms with E-state index < -0.39 is 5.97 Å². The van der Waals surface area contributed by atoms with Crippen molar-refractivity contribution in [2.75, 3.05) is 25.0 Å². The lowest BCUT2D eigenvalue weighted by Crippen LogP contribution is -2.38. The molecule has 3 aromatic rings. The summed E-state index contributed by atoms with van der Waals surface area (Å²) in [6.07, 6.45) is 9.93. The molecule has 2 aromatic carbocycles. The van der Waals surface area contributed by atoms with Crippen molar-refractivity contribution in [1.29, 1.82) is 0 Å². The van der Waals surface area contributed by atoms with E-state index in [1.165, 1.54) is 0 Å². The molecule has 7 nitrogen and oxygen atoms in total. The number of carboxylic acid groups (broad SMARTS) is 1. The van der Waals surface area contributed by atoms with Gasteiger partial charge in [-0.2, -0.15) is 0 Å². The molecule has 3 N–H and O–H groups in total. The number of amides is 1. The average molecular weight is 513 g/mol. The van der Waals surface area contributed by atoms with Gasteiger partial charge in [0.25, 0.3) is 5.91 Å². The van der Waals surface area contributed by atoms with Gasteiger partial charge in [-0.05, 0) is 92.3 Å². The van der Waals surface area contributed by atoms with Gasteiger partial charge in [-0.15, -0.1) is 0 Å². The lowest BCUT2D eigenvalue weighted by Gasteiger charge is -2.33. The third-order valence-corrected chi connectivity index (χ3v) is 7.76. The van der Waals surface area contributed by atoms with Gasteiger partial charge in [0.1, 0.15) is 0 Å². The van der Waals surface area contributed by atoms with Gasteiger partial charge in [0.15, 0.2) is 0 Å². The van der Waals surface area contributed by atoms with Crippen LogP contribution in [0.1, 0.15) is 66.8 Å². The lowest BCUT2D eigenvalue weighted by atomic mass is 9.85. The second-order valence-corrected chi connectivity index (χ2v) is 10.5. The molecule has 0 saturated carbocycles. The molecule has 2 aliphatic heterocycles. The van der Waals surface area contributed by atoms with Crippen molar-refractivity contribution in [3.63, 3.8) is 0 Å². The molecule has 0 bridgehead atoms. The van der Waals surface area contributed by atoms with E-state index in [0.29, 0.717) is 11.5 Å². The minimum Gasteiger partial charge on any atom is -0.481 e. The van der Waals surface area contributed by atoms with Crippen LogP contribution < -0.4 is 10.6 Å². The number of carbonyl (C=O) groups is 2. The number of benzene rings is 2. The molecule has 1 unspecified atom stereocenters. The maximum Gasteiger partial charge on any atom is 0.303 e. The second kappa shape index (κ2) is 12.1. The zero-order valence-electron chi connectivity index (χ0n) is 21.7. The molecular formula is C31H36N4O3. The first-order valence-corrected chi connectivity index (χ1v) is 13.7. The standard InChI is InChI=1S/C31H36N4O3/c36-30(37)20-23(26-18-24-6-1-2-9-28(24)33-21-26)12-11-22-13-16-35(17-14-22)31(38)25-7-5-8-27(19-25)34-29-10-3-4-15-32-29/h1-2,5-10,18-19,21-23,32,34H,3-4,11-17,20H2,(H,36,37). The van der Waals surface area contributed by atoms with Crippen molar-refractivity contribution < 1.29 is 14.7 Å². The molecule has 0 spiro atoms. The number of hydrogen-bond acceptors (Lipinski definition) is 5. The third kappa shape index (κ3) is 6.52. The number of hydrogen-bond donors (Lipinski definition) is 3. The number of fused-ring (bicyclic) bond motifs is 1. The molecular weight excluding hydrogens is 476 g/mol. The number of nitrogens with zero attached hydrogens (tertiary/aromatic N) is 2. The number of piperidine rings is 1. The van der Waals surface area contributed by atoms with E-state index in [1.807, 2.05) is 59.6 Å². The fourth-order valence-corrected chi connectivity index (χ4v) is 5.58. The highest BCUT2D eigenvalue weighted by Gasteiger charge is 2.25. The molecule has 1 saturated heterocycles. The van der Waals surface area contributed by atoms with Crippen LogP contribution >= 0.6 is 0 Å². The number of nitrogens with one attached hydrogen (secondary N) is 2. The minimum absolute atomic E-state index is 0.0618. The maximum atomic E-state index is 13.2. The van der Waals surface area contributed by atoms with E-state index in [9.17, 15) is 14.7 Å². The van der Waals surface area contributed by atoms with Crippen LogP contribution in [-0.2, 0) is 4.79 Å². The monoisotopic (exact) mass is 512 g/mol.